The molecule has 1 saturated heterocycles. The van der Waals surface area contributed by atoms with Crippen molar-refractivity contribution in [3.63, 3.8) is 0 Å². The van der Waals surface area contributed by atoms with E-state index in [-0.39, 0.29) is 18.0 Å². The number of hydrogen-bond acceptors (Lipinski definition) is 5. The number of carbonyl (C=O) groups is 2. The van der Waals surface area contributed by atoms with Gasteiger partial charge in [0.1, 0.15) is 6.61 Å². The second-order valence-corrected chi connectivity index (χ2v) is 10.1. The van der Waals surface area contributed by atoms with E-state index in [1.54, 1.807) is 19.1 Å². The molecule has 2 aliphatic rings. The van der Waals surface area contributed by atoms with Crippen LogP contribution in [-0.2, 0) is 26.2 Å². The first-order valence-electron chi connectivity index (χ1n) is 11.2. The highest BCUT2D eigenvalue weighted by molar-refractivity contribution is 7.89. The van der Waals surface area contributed by atoms with Crippen molar-refractivity contribution in [2.45, 2.75) is 37.3 Å². The van der Waals surface area contributed by atoms with Gasteiger partial charge < -0.3 is 4.74 Å². The standard InChI is InChI=1S/C26H24N2O5S/c1-2-22-24-23(14-15-27(24)26(30)33-17-18-8-4-3-5-9-18)28(25(22)29)34(31,32)21-13-12-19-10-6-7-11-20(19)16-21/h3-13,16,23H,2,14-15,17H2,1H3/t23-/m0/s1. The second kappa shape index (κ2) is 8.61. The summed E-state index contributed by atoms with van der Waals surface area (Å²) in [5.41, 5.74) is 1.62. The quantitative estimate of drug-likeness (QED) is 0.543. The van der Waals surface area contributed by atoms with Gasteiger partial charge in [0.15, 0.2) is 0 Å². The van der Waals surface area contributed by atoms with Crippen molar-refractivity contribution in [2.24, 2.45) is 0 Å². The van der Waals surface area contributed by atoms with Gasteiger partial charge in [0.2, 0.25) is 0 Å². The number of carbonyl (C=O) groups excluding carboxylic acids is 2. The number of sulfonamides is 1. The molecular weight excluding hydrogens is 452 g/mol. The highest BCUT2D eigenvalue weighted by Gasteiger charge is 2.51. The molecule has 1 fully saturated rings. The molecule has 0 radical (unpaired) electrons. The summed E-state index contributed by atoms with van der Waals surface area (Å²) in [5, 5.41) is 1.69. The van der Waals surface area contributed by atoms with E-state index in [1.807, 2.05) is 54.6 Å². The minimum atomic E-state index is -4.12. The number of rotatable bonds is 5. The van der Waals surface area contributed by atoms with E-state index in [2.05, 4.69) is 0 Å². The fourth-order valence-corrected chi connectivity index (χ4v) is 6.31. The van der Waals surface area contributed by atoms with Gasteiger partial charge in [0.25, 0.3) is 15.9 Å². The van der Waals surface area contributed by atoms with Crippen LogP contribution in [-0.4, -0.2) is 42.2 Å². The zero-order chi connectivity index (χ0) is 23.9. The van der Waals surface area contributed by atoms with E-state index < -0.39 is 28.1 Å². The Morgan fingerprint density at radius 1 is 1.00 bits per heavy atom. The van der Waals surface area contributed by atoms with Crippen LogP contribution in [0.2, 0.25) is 0 Å². The summed E-state index contributed by atoms with van der Waals surface area (Å²) in [7, 11) is -4.12. The van der Waals surface area contributed by atoms with Crippen LogP contribution in [0.1, 0.15) is 25.3 Å². The molecule has 2 heterocycles. The molecule has 8 heteroatoms. The summed E-state index contributed by atoms with van der Waals surface area (Å²) in [4.78, 5) is 27.7. The molecule has 0 aliphatic carbocycles. The van der Waals surface area contributed by atoms with Crippen molar-refractivity contribution >= 4 is 32.8 Å². The molecule has 0 spiro atoms. The van der Waals surface area contributed by atoms with Gasteiger partial charge in [-0.2, -0.15) is 0 Å². The van der Waals surface area contributed by atoms with Crippen LogP contribution in [0.5, 0.6) is 0 Å². The molecule has 2 aliphatic heterocycles. The van der Waals surface area contributed by atoms with Crippen molar-refractivity contribution < 1.29 is 22.7 Å². The number of benzene rings is 3. The molecule has 0 aromatic heterocycles. The highest BCUT2D eigenvalue weighted by atomic mass is 32.2. The average molecular weight is 477 g/mol. The SMILES string of the molecule is CCC1=C2[C@H](CCN2C(=O)OCc2ccccc2)N(S(=O)(=O)c2ccc3ccccc3c2)C1=O. The van der Waals surface area contributed by atoms with Gasteiger partial charge in [-0.1, -0.05) is 67.6 Å². The van der Waals surface area contributed by atoms with Crippen molar-refractivity contribution in [3.05, 3.63) is 89.6 Å². The van der Waals surface area contributed by atoms with Crippen LogP contribution >= 0.6 is 0 Å². The summed E-state index contributed by atoms with van der Waals surface area (Å²) in [6.07, 6.45) is 0.0689. The van der Waals surface area contributed by atoms with Crippen LogP contribution in [0.3, 0.4) is 0 Å². The van der Waals surface area contributed by atoms with Gasteiger partial charge in [-0.05, 0) is 41.3 Å². The molecule has 34 heavy (non-hydrogen) atoms. The minimum absolute atomic E-state index is 0.0568. The molecule has 0 N–H and O–H groups in total. The largest absolute Gasteiger partial charge is 0.444 e. The predicted octanol–water partition coefficient (Wildman–Crippen LogP) is 4.45. The first-order chi connectivity index (χ1) is 16.4. The van der Waals surface area contributed by atoms with Gasteiger partial charge in [-0.15, -0.1) is 0 Å². The maximum absolute atomic E-state index is 13.6. The third-order valence-electron chi connectivity index (χ3n) is 6.34. The average Bonchev–Trinajstić information content (AvgIpc) is 3.39. The molecule has 3 aromatic carbocycles. The van der Waals surface area contributed by atoms with E-state index in [4.69, 9.17) is 4.74 Å². The van der Waals surface area contributed by atoms with Crippen LogP contribution in [0, 0.1) is 0 Å². The summed E-state index contributed by atoms with van der Waals surface area (Å²) >= 11 is 0. The van der Waals surface area contributed by atoms with E-state index in [0.717, 1.165) is 20.6 Å². The van der Waals surface area contributed by atoms with Gasteiger partial charge >= 0.3 is 6.09 Å². The van der Waals surface area contributed by atoms with Crippen LogP contribution < -0.4 is 0 Å². The van der Waals surface area contributed by atoms with Crippen molar-refractivity contribution in [2.75, 3.05) is 6.54 Å². The number of likely N-dealkylation sites (tertiary alicyclic amines) is 1. The van der Waals surface area contributed by atoms with E-state index in [0.29, 0.717) is 24.1 Å². The van der Waals surface area contributed by atoms with Gasteiger partial charge in [0.05, 0.1) is 16.6 Å². The Morgan fingerprint density at radius 2 is 1.71 bits per heavy atom. The third kappa shape index (κ3) is 3.64. The Balaban J connectivity index is 1.43. The maximum atomic E-state index is 13.6. The van der Waals surface area contributed by atoms with Gasteiger partial charge in [0, 0.05) is 12.1 Å². The van der Waals surface area contributed by atoms with E-state index in [9.17, 15) is 18.0 Å². The van der Waals surface area contributed by atoms with Gasteiger partial charge in [-0.25, -0.2) is 17.5 Å². The topological polar surface area (TPSA) is 84.0 Å². The van der Waals surface area contributed by atoms with Crippen molar-refractivity contribution in [3.8, 4) is 0 Å². The Kier molecular flexibility index (Phi) is 5.61. The first-order valence-corrected chi connectivity index (χ1v) is 12.6. The lowest BCUT2D eigenvalue weighted by molar-refractivity contribution is -0.122. The molecule has 5 rings (SSSR count). The molecule has 174 valence electrons. The fourth-order valence-electron chi connectivity index (χ4n) is 4.70. The number of fused-ring (bicyclic) bond motifs is 2. The lowest BCUT2D eigenvalue weighted by Crippen LogP contribution is -2.40. The summed E-state index contributed by atoms with van der Waals surface area (Å²) in [6.45, 7) is 2.17. The molecule has 0 unspecified atom stereocenters. The summed E-state index contributed by atoms with van der Waals surface area (Å²) < 4.78 is 33.7. The number of amides is 2. The highest BCUT2D eigenvalue weighted by Crippen LogP contribution is 2.41. The zero-order valence-corrected chi connectivity index (χ0v) is 19.5. The lowest BCUT2D eigenvalue weighted by atomic mass is 10.1. The van der Waals surface area contributed by atoms with Crippen LogP contribution in [0.25, 0.3) is 10.8 Å². The lowest BCUT2D eigenvalue weighted by Gasteiger charge is -2.23. The Hall–Kier alpha value is -3.65. The smallest absolute Gasteiger partial charge is 0.414 e. The van der Waals surface area contributed by atoms with E-state index >= 15 is 0 Å². The number of hydrogen-bond donors (Lipinski definition) is 0. The zero-order valence-electron chi connectivity index (χ0n) is 18.7. The predicted molar refractivity (Wildman–Crippen MR) is 127 cm³/mol. The number of ether oxygens (including phenoxy) is 1. The molecule has 1 atom stereocenters. The Bertz CT molecular complexity index is 1420. The Morgan fingerprint density at radius 3 is 2.44 bits per heavy atom. The van der Waals surface area contributed by atoms with Crippen molar-refractivity contribution in [1.29, 1.82) is 0 Å². The van der Waals surface area contributed by atoms with Crippen LogP contribution in [0.4, 0.5) is 4.79 Å². The molecular formula is C26H24N2O5S. The van der Waals surface area contributed by atoms with Gasteiger partial charge in [-0.3, -0.25) is 9.69 Å². The monoisotopic (exact) mass is 476 g/mol. The van der Waals surface area contributed by atoms with E-state index in [1.165, 1.54) is 11.0 Å². The fraction of sp³-hybridized carbons (Fsp3) is 0.231. The molecule has 0 bridgehead atoms. The summed E-state index contributed by atoms with van der Waals surface area (Å²) in [5.74, 6) is -0.573. The summed E-state index contributed by atoms with van der Waals surface area (Å²) in [6, 6.07) is 20.9. The third-order valence-corrected chi connectivity index (χ3v) is 8.13. The maximum Gasteiger partial charge on any atom is 0.414 e. The Labute approximate surface area is 198 Å². The number of nitrogens with zero attached hydrogens (tertiary/aromatic N) is 2. The minimum Gasteiger partial charge on any atom is -0.444 e. The normalized spacial score (nSPS) is 18.0. The molecule has 7 nitrogen and oxygen atoms in total. The molecule has 2 amide bonds. The van der Waals surface area contributed by atoms with Crippen LogP contribution in [0.15, 0.2) is 89.0 Å². The second-order valence-electron chi connectivity index (χ2n) is 8.33. The molecule has 0 saturated carbocycles. The first kappa shape index (κ1) is 22.2. The molecule has 3 aromatic rings. The van der Waals surface area contributed by atoms with Crippen molar-refractivity contribution in [1.82, 2.24) is 9.21 Å².